The van der Waals surface area contributed by atoms with Crippen molar-refractivity contribution in [2.75, 3.05) is 7.05 Å². The second-order valence-corrected chi connectivity index (χ2v) is 6.11. The molecule has 2 aliphatic carbocycles. The molecule has 0 radical (unpaired) electrons. The molecule has 0 heterocycles. The van der Waals surface area contributed by atoms with E-state index in [4.69, 9.17) is 0 Å². The first-order valence-electron chi connectivity index (χ1n) is 7.55. The average molecular weight is 223 g/mol. The molecule has 0 bridgehead atoms. The van der Waals surface area contributed by atoms with Gasteiger partial charge in [-0.3, -0.25) is 0 Å². The molecule has 1 unspecified atom stereocenters. The van der Waals surface area contributed by atoms with Gasteiger partial charge in [-0.1, -0.05) is 57.8 Å². The summed E-state index contributed by atoms with van der Waals surface area (Å²) in [5, 5.41) is 3.58. The molecule has 1 nitrogen and oxygen atoms in total. The van der Waals surface area contributed by atoms with E-state index in [-0.39, 0.29) is 0 Å². The lowest BCUT2D eigenvalue weighted by Gasteiger charge is -2.27. The van der Waals surface area contributed by atoms with Crippen molar-refractivity contribution in [2.45, 2.75) is 76.7 Å². The van der Waals surface area contributed by atoms with Gasteiger partial charge in [0.25, 0.3) is 0 Å². The van der Waals surface area contributed by atoms with E-state index >= 15 is 0 Å². The third-order valence-corrected chi connectivity index (χ3v) is 4.84. The minimum absolute atomic E-state index is 0.811. The first kappa shape index (κ1) is 12.4. The molecular formula is C15H29N. The summed E-state index contributed by atoms with van der Waals surface area (Å²) in [7, 11) is 2.17. The largest absolute Gasteiger partial charge is 0.317 e. The van der Waals surface area contributed by atoms with Gasteiger partial charge in [-0.25, -0.2) is 0 Å². The van der Waals surface area contributed by atoms with Crippen LogP contribution in [0.4, 0.5) is 0 Å². The first-order valence-corrected chi connectivity index (χ1v) is 7.55. The normalized spacial score (nSPS) is 26.1. The van der Waals surface area contributed by atoms with Gasteiger partial charge in [-0.05, 0) is 31.7 Å². The van der Waals surface area contributed by atoms with Crippen LogP contribution >= 0.6 is 0 Å². The summed E-state index contributed by atoms with van der Waals surface area (Å²) in [5.41, 5.74) is 0. The van der Waals surface area contributed by atoms with Crippen molar-refractivity contribution in [3.05, 3.63) is 0 Å². The van der Waals surface area contributed by atoms with E-state index in [0.717, 1.165) is 17.9 Å². The second kappa shape index (κ2) is 6.64. The Bertz CT molecular complexity index is 178. The molecule has 16 heavy (non-hydrogen) atoms. The van der Waals surface area contributed by atoms with E-state index in [2.05, 4.69) is 12.4 Å². The van der Waals surface area contributed by atoms with Gasteiger partial charge in [-0.2, -0.15) is 0 Å². The lowest BCUT2D eigenvalue weighted by molar-refractivity contribution is 0.279. The Kier molecular flexibility index (Phi) is 5.15. The molecule has 0 saturated heterocycles. The van der Waals surface area contributed by atoms with Crippen LogP contribution in [-0.2, 0) is 0 Å². The highest BCUT2D eigenvalue weighted by molar-refractivity contribution is 4.78. The van der Waals surface area contributed by atoms with Gasteiger partial charge in [0.15, 0.2) is 0 Å². The average Bonchev–Trinajstić information content (AvgIpc) is 2.82. The molecule has 0 spiro atoms. The van der Waals surface area contributed by atoms with Crippen molar-refractivity contribution in [2.24, 2.45) is 11.8 Å². The van der Waals surface area contributed by atoms with Crippen LogP contribution < -0.4 is 5.32 Å². The molecule has 2 rings (SSSR count). The molecule has 2 aliphatic rings. The Balaban J connectivity index is 1.70. The summed E-state index contributed by atoms with van der Waals surface area (Å²) in [6.07, 6.45) is 16.4. The van der Waals surface area contributed by atoms with Crippen LogP contribution in [0.3, 0.4) is 0 Å². The van der Waals surface area contributed by atoms with Crippen molar-refractivity contribution >= 4 is 0 Å². The quantitative estimate of drug-likeness (QED) is 0.739. The fourth-order valence-electron chi connectivity index (χ4n) is 3.81. The van der Waals surface area contributed by atoms with Crippen molar-refractivity contribution in [1.29, 1.82) is 0 Å². The minimum Gasteiger partial charge on any atom is -0.317 e. The predicted molar refractivity (Wildman–Crippen MR) is 70.6 cm³/mol. The lowest BCUT2D eigenvalue weighted by atomic mass is 9.82. The van der Waals surface area contributed by atoms with Crippen LogP contribution in [0.1, 0.15) is 70.6 Å². The first-order chi connectivity index (χ1) is 7.88. The van der Waals surface area contributed by atoms with E-state index in [1.54, 1.807) is 0 Å². The van der Waals surface area contributed by atoms with Gasteiger partial charge in [0.2, 0.25) is 0 Å². The van der Waals surface area contributed by atoms with Gasteiger partial charge in [0.05, 0.1) is 0 Å². The van der Waals surface area contributed by atoms with Gasteiger partial charge < -0.3 is 5.32 Å². The van der Waals surface area contributed by atoms with Crippen LogP contribution in [0, 0.1) is 11.8 Å². The third kappa shape index (κ3) is 3.76. The SMILES string of the molecule is CNC(CC1CCCCC1)CC1CCCC1. The Morgan fingerprint density at radius 2 is 1.25 bits per heavy atom. The molecule has 0 aliphatic heterocycles. The third-order valence-electron chi connectivity index (χ3n) is 4.84. The van der Waals surface area contributed by atoms with E-state index in [9.17, 15) is 0 Å². The summed E-state index contributed by atoms with van der Waals surface area (Å²) >= 11 is 0. The van der Waals surface area contributed by atoms with E-state index in [1.165, 1.54) is 70.6 Å². The van der Waals surface area contributed by atoms with Crippen LogP contribution in [-0.4, -0.2) is 13.1 Å². The summed E-state index contributed by atoms with van der Waals surface area (Å²) in [6, 6.07) is 0.811. The zero-order valence-corrected chi connectivity index (χ0v) is 11.0. The Labute approximate surface area is 101 Å². The fourth-order valence-corrected chi connectivity index (χ4v) is 3.81. The van der Waals surface area contributed by atoms with Crippen molar-refractivity contribution < 1.29 is 0 Å². The number of hydrogen-bond acceptors (Lipinski definition) is 1. The maximum Gasteiger partial charge on any atom is 0.00693 e. The van der Waals surface area contributed by atoms with E-state index in [0.29, 0.717) is 0 Å². The molecule has 94 valence electrons. The standard InChI is InChI=1S/C15H29N/c1-16-15(12-14-9-5-6-10-14)11-13-7-3-2-4-8-13/h13-16H,2-12H2,1H3. The highest BCUT2D eigenvalue weighted by Gasteiger charge is 2.22. The highest BCUT2D eigenvalue weighted by Crippen LogP contribution is 2.32. The molecule has 2 fully saturated rings. The summed E-state index contributed by atoms with van der Waals surface area (Å²) in [4.78, 5) is 0. The van der Waals surface area contributed by atoms with Gasteiger partial charge in [-0.15, -0.1) is 0 Å². The Hall–Kier alpha value is -0.0400. The van der Waals surface area contributed by atoms with Crippen molar-refractivity contribution in [1.82, 2.24) is 5.32 Å². The maximum absolute atomic E-state index is 3.58. The molecule has 2 saturated carbocycles. The zero-order chi connectivity index (χ0) is 11.2. The van der Waals surface area contributed by atoms with Crippen molar-refractivity contribution in [3.8, 4) is 0 Å². The molecule has 0 aromatic carbocycles. The fraction of sp³-hybridized carbons (Fsp3) is 1.00. The van der Waals surface area contributed by atoms with Crippen LogP contribution in [0.15, 0.2) is 0 Å². The molecule has 0 aromatic heterocycles. The molecule has 1 N–H and O–H groups in total. The monoisotopic (exact) mass is 223 g/mol. The predicted octanol–water partition coefficient (Wildman–Crippen LogP) is 4.13. The topological polar surface area (TPSA) is 12.0 Å². The number of hydrogen-bond donors (Lipinski definition) is 1. The smallest absolute Gasteiger partial charge is 0.00693 e. The molecule has 0 aromatic rings. The molecule has 1 atom stereocenters. The van der Waals surface area contributed by atoms with Crippen LogP contribution in [0.25, 0.3) is 0 Å². The summed E-state index contributed by atoms with van der Waals surface area (Å²) in [6.45, 7) is 0. The molecule has 0 amide bonds. The minimum atomic E-state index is 0.811. The molecule has 1 heteroatoms. The maximum atomic E-state index is 3.58. The highest BCUT2D eigenvalue weighted by atomic mass is 14.9. The van der Waals surface area contributed by atoms with Crippen molar-refractivity contribution in [3.63, 3.8) is 0 Å². The Morgan fingerprint density at radius 3 is 1.69 bits per heavy atom. The van der Waals surface area contributed by atoms with Gasteiger partial charge >= 0.3 is 0 Å². The Morgan fingerprint density at radius 1 is 0.812 bits per heavy atom. The van der Waals surface area contributed by atoms with Crippen LogP contribution in [0.2, 0.25) is 0 Å². The summed E-state index contributed by atoms with van der Waals surface area (Å²) in [5.74, 6) is 2.08. The lowest BCUT2D eigenvalue weighted by Crippen LogP contribution is -2.30. The zero-order valence-electron chi connectivity index (χ0n) is 11.0. The van der Waals surface area contributed by atoms with E-state index in [1.807, 2.05) is 0 Å². The second-order valence-electron chi connectivity index (χ2n) is 6.11. The van der Waals surface area contributed by atoms with Crippen LogP contribution in [0.5, 0.6) is 0 Å². The van der Waals surface area contributed by atoms with E-state index < -0.39 is 0 Å². The summed E-state index contributed by atoms with van der Waals surface area (Å²) < 4.78 is 0. The molecular weight excluding hydrogens is 194 g/mol. The number of nitrogens with one attached hydrogen (secondary N) is 1. The van der Waals surface area contributed by atoms with Gasteiger partial charge in [0, 0.05) is 6.04 Å². The van der Waals surface area contributed by atoms with Gasteiger partial charge in [0.1, 0.15) is 0 Å². The number of rotatable bonds is 5.